The number of ether oxygens (including phenoxy) is 1. The summed E-state index contributed by atoms with van der Waals surface area (Å²) in [6.07, 6.45) is 3.90. The topological polar surface area (TPSA) is 21.3 Å². The van der Waals surface area contributed by atoms with Crippen LogP contribution in [0.2, 0.25) is 0 Å². The summed E-state index contributed by atoms with van der Waals surface area (Å²) in [7, 11) is 0. The minimum atomic E-state index is 0.407. The van der Waals surface area contributed by atoms with Crippen molar-refractivity contribution < 1.29 is 4.74 Å². The van der Waals surface area contributed by atoms with E-state index in [1.54, 1.807) is 0 Å². The van der Waals surface area contributed by atoms with Crippen molar-refractivity contribution >= 4 is 11.3 Å². The van der Waals surface area contributed by atoms with Gasteiger partial charge in [-0.25, -0.2) is 0 Å². The third-order valence-corrected chi connectivity index (χ3v) is 3.44. The maximum absolute atomic E-state index is 5.66. The lowest BCUT2D eigenvalue weighted by Crippen LogP contribution is -2.24. The van der Waals surface area contributed by atoms with E-state index in [1.165, 1.54) is 11.3 Å². The first-order valence-corrected chi connectivity index (χ1v) is 7.05. The molecule has 0 aliphatic heterocycles. The Morgan fingerprint density at radius 2 is 2.31 bits per heavy atom. The second-order valence-electron chi connectivity index (χ2n) is 4.05. The van der Waals surface area contributed by atoms with Gasteiger partial charge in [0.05, 0.1) is 12.7 Å². The fourth-order valence-corrected chi connectivity index (χ4v) is 2.32. The van der Waals surface area contributed by atoms with Gasteiger partial charge in [-0.1, -0.05) is 19.4 Å². The van der Waals surface area contributed by atoms with Crippen LogP contribution in [0.4, 0.5) is 0 Å². The lowest BCUT2D eigenvalue weighted by atomic mass is 10.2. The minimum absolute atomic E-state index is 0.407. The van der Waals surface area contributed by atoms with Crippen molar-refractivity contribution in [3.05, 3.63) is 22.4 Å². The molecule has 2 nitrogen and oxygen atoms in total. The van der Waals surface area contributed by atoms with Crippen molar-refractivity contribution in [2.45, 2.75) is 39.2 Å². The average Bonchev–Trinajstić information content (AvgIpc) is 2.76. The molecule has 3 heteroatoms. The summed E-state index contributed by atoms with van der Waals surface area (Å²) < 4.78 is 5.66. The number of thiophene rings is 1. The zero-order valence-electron chi connectivity index (χ0n) is 10.4. The minimum Gasteiger partial charge on any atom is -0.377 e. The molecule has 0 bridgehead atoms. The van der Waals surface area contributed by atoms with Crippen molar-refractivity contribution in [1.29, 1.82) is 0 Å². The number of rotatable bonds is 9. The van der Waals surface area contributed by atoms with Crippen molar-refractivity contribution in [2.24, 2.45) is 0 Å². The monoisotopic (exact) mass is 241 g/mol. The van der Waals surface area contributed by atoms with Crippen LogP contribution in [0.15, 0.2) is 17.5 Å². The van der Waals surface area contributed by atoms with Crippen LogP contribution in [0.5, 0.6) is 0 Å². The van der Waals surface area contributed by atoms with Gasteiger partial charge in [0, 0.05) is 18.0 Å². The Hall–Kier alpha value is -0.380. The first kappa shape index (κ1) is 13.7. The fourth-order valence-electron chi connectivity index (χ4n) is 1.61. The molecule has 0 saturated heterocycles. The van der Waals surface area contributed by atoms with Crippen LogP contribution in [0.3, 0.4) is 0 Å². The molecule has 16 heavy (non-hydrogen) atoms. The molecule has 0 aliphatic carbocycles. The van der Waals surface area contributed by atoms with E-state index in [0.29, 0.717) is 6.10 Å². The maximum atomic E-state index is 5.66. The molecule has 1 heterocycles. The van der Waals surface area contributed by atoms with Gasteiger partial charge in [0.2, 0.25) is 0 Å². The molecular weight excluding hydrogens is 218 g/mol. The van der Waals surface area contributed by atoms with E-state index in [1.807, 2.05) is 11.3 Å². The quantitative estimate of drug-likeness (QED) is 0.671. The highest BCUT2D eigenvalue weighted by Crippen LogP contribution is 2.07. The molecule has 1 rings (SSSR count). The molecule has 1 N–H and O–H groups in total. The SMILES string of the molecule is CCCC(C)OCCNCCc1cccs1. The van der Waals surface area contributed by atoms with Crippen LogP contribution in [0.1, 0.15) is 31.6 Å². The highest BCUT2D eigenvalue weighted by atomic mass is 32.1. The lowest BCUT2D eigenvalue weighted by molar-refractivity contribution is 0.0619. The van der Waals surface area contributed by atoms with Gasteiger partial charge in [0.25, 0.3) is 0 Å². The predicted octanol–water partition coefficient (Wildman–Crippen LogP) is 3.09. The molecule has 0 saturated carbocycles. The largest absolute Gasteiger partial charge is 0.377 e. The molecule has 0 fully saturated rings. The van der Waals surface area contributed by atoms with Crippen LogP contribution in [-0.2, 0) is 11.2 Å². The number of hydrogen-bond donors (Lipinski definition) is 1. The van der Waals surface area contributed by atoms with Gasteiger partial charge in [-0.05, 0) is 31.2 Å². The van der Waals surface area contributed by atoms with E-state index < -0.39 is 0 Å². The summed E-state index contributed by atoms with van der Waals surface area (Å²) in [5.74, 6) is 0. The van der Waals surface area contributed by atoms with E-state index in [0.717, 1.165) is 32.5 Å². The molecular formula is C13H23NOS. The summed E-state index contributed by atoms with van der Waals surface area (Å²) in [6, 6.07) is 4.29. The molecule has 0 aromatic carbocycles. The van der Waals surface area contributed by atoms with E-state index in [-0.39, 0.29) is 0 Å². The molecule has 1 atom stereocenters. The molecule has 0 amide bonds. The van der Waals surface area contributed by atoms with Gasteiger partial charge in [0.15, 0.2) is 0 Å². The summed E-state index contributed by atoms with van der Waals surface area (Å²) in [4.78, 5) is 1.45. The third kappa shape index (κ3) is 6.26. The second-order valence-corrected chi connectivity index (χ2v) is 5.08. The highest BCUT2D eigenvalue weighted by Gasteiger charge is 1.99. The predicted molar refractivity (Wildman–Crippen MR) is 71.2 cm³/mol. The van der Waals surface area contributed by atoms with Crippen LogP contribution < -0.4 is 5.32 Å². The Labute approximate surface area is 103 Å². The molecule has 0 spiro atoms. The van der Waals surface area contributed by atoms with Gasteiger partial charge >= 0.3 is 0 Å². The van der Waals surface area contributed by atoms with E-state index in [2.05, 4.69) is 36.7 Å². The molecule has 0 radical (unpaired) electrons. The van der Waals surface area contributed by atoms with E-state index in [9.17, 15) is 0 Å². The number of nitrogens with one attached hydrogen (secondary N) is 1. The molecule has 0 aliphatic rings. The van der Waals surface area contributed by atoms with E-state index >= 15 is 0 Å². The lowest BCUT2D eigenvalue weighted by Gasteiger charge is -2.11. The zero-order chi connectivity index (χ0) is 11.6. The molecule has 1 aromatic rings. The van der Waals surface area contributed by atoms with Crippen molar-refractivity contribution in [3.8, 4) is 0 Å². The summed E-state index contributed by atoms with van der Waals surface area (Å²) >= 11 is 1.83. The summed E-state index contributed by atoms with van der Waals surface area (Å²) in [6.45, 7) is 7.17. The van der Waals surface area contributed by atoms with Gasteiger partial charge in [-0.3, -0.25) is 0 Å². The first-order chi connectivity index (χ1) is 7.83. The fraction of sp³-hybridized carbons (Fsp3) is 0.692. The Kier molecular flexibility index (Phi) is 7.47. The van der Waals surface area contributed by atoms with Gasteiger partial charge in [-0.2, -0.15) is 0 Å². The molecule has 1 aromatic heterocycles. The zero-order valence-corrected chi connectivity index (χ0v) is 11.2. The highest BCUT2D eigenvalue weighted by molar-refractivity contribution is 7.09. The number of hydrogen-bond acceptors (Lipinski definition) is 3. The van der Waals surface area contributed by atoms with Crippen LogP contribution in [-0.4, -0.2) is 25.8 Å². The van der Waals surface area contributed by atoms with Gasteiger partial charge in [0.1, 0.15) is 0 Å². The standard InChI is InChI=1S/C13H23NOS/c1-3-5-12(2)15-10-9-14-8-7-13-6-4-11-16-13/h4,6,11-12,14H,3,5,7-10H2,1-2H3. The van der Waals surface area contributed by atoms with Gasteiger partial charge < -0.3 is 10.1 Å². The summed E-state index contributed by atoms with van der Waals surface area (Å²) in [5.41, 5.74) is 0. The third-order valence-electron chi connectivity index (χ3n) is 2.50. The maximum Gasteiger partial charge on any atom is 0.0594 e. The summed E-state index contributed by atoms with van der Waals surface area (Å²) in [5, 5.41) is 5.53. The smallest absolute Gasteiger partial charge is 0.0594 e. The van der Waals surface area contributed by atoms with E-state index in [4.69, 9.17) is 4.74 Å². The Balaban J connectivity index is 1.88. The molecule has 1 unspecified atom stereocenters. The Morgan fingerprint density at radius 1 is 1.44 bits per heavy atom. The van der Waals surface area contributed by atoms with Crippen molar-refractivity contribution in [2.75, 3.05) is 19.7 Å². The van der Waals surface area contributed by atoms with Gasteiger partial charge in [-0.15, -0.1) is 11.3 Å². The average molecular weight is 241 g/mol. The van der Waals surface area contributed by atoms with Crippen LogP contribution in [0, 0.1) is 0 Å². The van der Waals surface area contributed by atoms with Crippen molar-refractivity contribution in [3.63, 3.8) is 0 Å². The Bertz CT molecular complexity index is 248. The Morgan fingerprint density at radius 3 is 3.00 bits per heavy atom. The first-order valence-electron chi connectivity index (χ1n) is 6.17. The van der Waals surface area contributed by atoms with Crippen LogP contribution in [0.25, 0.3) is 0 Å². The second kappa shape index (κ2) is 8.74. The van der Waals surface area contributed by atoms with Crippen LogP contribution >= 0.6 is 11.3 Å². The molecule has 92 valence electrons. The normalized spacial score (nSPS) is 12.9. The van der Waals surface area contributed by atoms with Crippen molar-refractivity contribution in [1.82, 2.24) is 5.32 Å².